The summed E-state index contributed by atoms with van der Waals surface area (Å²) in [6.07, 6.45) is 8.87. The second kappa shape index (κ2) is 6.42. The zero-order valence-corrected chi connectivity index (χ0v) is 13.7. The van der Waals surface area contributed by atoms with Crippen LogP contribution in [0, 0.1) is 11.3 Å². The van der Waals surface area contributed by atoms with Crippen LogP contribution in [-0.4, -0.2) is 28.4 Å². The Kier molecular flexibility index (Phi) is 5.05. The number of amides is 1. The second-order valence-electron chi connectivity index (χ2n) is 6.41. The molecule has 1 saturated carbocycles. The van der Waals surface area contributed by atoms with Crippen LogP contribution in [0.1, 0.15) is 65.2 Å². The maximum absolute atomic E-state index is 13.1. The molecular formula is C16H28N2OS. The van der Waals surface area contributed by atoms with Crippen LogP contribution in [0.25, 0.3) is 0 Å². The zero-order chi connectivity index (χ0) is 14.8. The van der Waals surface area contributed by atoms with Gasteiger partial charge in [-0.3, -0.25) is 4.79 Å². The SMILES string of the molecule is CCC(CC)(C(=O)N1CCC[C@H]2CCCC[C@H]21)C(N)=S. The minimum absolute atomic E-state index is 0.201. The Morgan fingerprint density at radius 3 is 2.40 bits per heavy atom. The van der Waals surface area contributed by atoms with E-state index in [1.165, 1.54) is 25.7 Å². The van der Waals surface area contributed by atoms with Crippen molar-refractivity contribution in [2.75, 3.05) is 6.54 Å². The molecule has 1 aliphatic carbocycles. The van der Waals surface area contributed by atoms with Crippen LogP contribution >= 0.6 is 12.2 Å². The molecular weight excluding hydrogens is 268 g/mol. The molecule has 0 aromatic heterocycles. The Balaban J connectivity index is 2.23. The minimum Gasteiger partial charge on any atom is -0.392 e. The molecule has 0 unspecified atom stereocenters. The Morgan fingerprint density at radius 1 is 1.20 bits per heavy atom. The molecule has 0 radical (unpaired) electrons. The van der Waals surface area contributed by atoms with Gasteiger partial charge in [0, 0.05) is 12.6 Å². The van der Waals surface area contributed by atoms with E-state index in [-0.39, 0.29) is 5.91 Å². The fourth-order valence-electron chi connectivity index (χ4n) is 4.16. The number of nitrogens with two attached hydrogens (primary N) is 1. The summed E-state index contributed by atoms with van der Waals surface area (Å²) in [7, 11) is 0. The lowest BCUT2D eigenvalue weighted by Crippen LogP contribution is -2.57. The van der Waals surface area contributed by atoms with Crippen molar-refractivity contribution in [3.63, 3.8) is 0 Å². The molecule has 2 rings (SSSR count). The fourth-order valence-corrected chi connectivity index (χ4v) is 4.53. The van der Waals surface area contributed by atoms with Gasteiger partial charge in [-0.05, 0) is 44.4 Å². The third-order valence-corrected chi connectivity index (χ3v) is 5.98. The first-order valence-corrected chi connectivity index (χ1v) is 8.58. The smallest absolute Gasteiger partial charge is 0.235 e. The normalized spacial score (nSPS) is 27.0. The molecule has 0 aromatic rings. The predicted octanol–water partition coefficient (Wildman–Crippen LogP) is 3.26. The summed E-state index contributed by atoms with van der Waals surface area (Å²) in [5.41, 5.74) is 5.34. The van der Waals surface area contributed by atoms with E-state index in [2.05, 4.69) is 4.90 Å². The molecule has 4 heteroatoms. The monoisotopic (exact) mass is 296 g/mol. The van der Waals surface area contributed by atoms with Crippen LogP contribution in [-0.2, 0) is 4.79 Å². The van der Waals surface area contributed by atoms with Gasteiger partial charge in [0.2, 0.25) is 5.91 Å². The summed E-state index contributed by atoms with van der Waals surface area (Å²) < 4.78 is 0. The number of carbonyl (C=O) groups is 1. The first-order chi connectivity index (χ1) is 9.56. The number of thiocarbonyl (C=S) groups is 1. The molecule has 114 valence electrons. The van der Waals surface area contributed by atoms with Crippen LogP contribution < -0.4 is 5.73 Å². The molecule has 1 amide bonds. The first-order valence-electron chi connectivity index (χ1n) is 8.17. The highest BCUT2D eigenvalue weighted by atomic mass is 32.1. The number of nitrogens with zero attached hydrogens (tertiary/aromatic N) is 1. The van der Waals surface area contributed by atoms with E-state index in [0.717, 1.165) is 19.4 Å². The summed E-state index contributed by atoms with van der Waals surface area (Å²) in [5, 5.41) is 0. The van der Waals surface area contributed by atoms with Crippen LogP contribution in [0.15, 0.2) is 0 Å². The number of hydrogen-bond acceptors (Lipinski definition) is 2. The lowest BCUT2D eigenvalue weighted by atomic mass is 9.75. The Hall–Kier alpha value is -0.640. The predicted molar refractivity (Wildman–Crippen MR) is 86.5 cm³/mol. The van der Waals surface area contributed by atoms with E-state index in [9.17, 15) is 4.79 Å². The van der Waals surface area contributed by atoms with E-state index in [1.807, 2.05) is 13.8 Å². The first kappa shape index (κ1) is 15.7. The zero-order valence-electron chi connectivity index (χ0n) is 12.9. The van der Waals surface area contributed by atoms with E-state index < -0.39 is 5.41 Å². The van der Waals surface area contributed by atoms with Crippen LogP contribution in [0.3, 0.4) is 0 Å². The average molecular weight is 296 g/mol. The lowest BCUT2D eigenvalue weighted by molar-refractivity contribution is -0.145. The number of likely N-dealkylation sites (tertiary alicyclic amines) is 1. The van der Waals surface area contributed by atoms with E-state index in [1.54, 1.807) is 0 Å². The third-order valence-electron chi connectivity index (χ3n) is 5.59. The van der Waals surface area contributed by atoms with Crippen LogP contribution in [0.5, 0.6) is 0 Å². The van der Waals surface area contributed by atoms with Gasteiger partial charge >= 0.3 is 0 Å². The van der Waals surface area contributed by atoms with Gasteiger partial charge in [-0.1, -0.05) is 38.9 Å². The molecule has 20 heavy (non-hydrogen) atoms. The largest absolute Gasteiger partial charge is 0.392 e. The van der Waals surface area contributed by atoms with Crippen molar-refractivity contribution in [1.29, 1.82) is 0 Å². The third kappa shape index (κ3) is 2.59. The highest BCUT2D eigenvalue weighted by molar-refractivity contribution is 7.80. The highest BCUT2D eigenvalue weighted by Crippen LogP contribution is 2.39. The van der Waals surface area contributed by atoms with E-state index in [0.29, 0.717) is 29.8 Å². The highest BCUT2D eigenvalue weighted by Gasteiger charge is 2.45. The number of piperidine rings is 1. The molecule has 2 aliphatic rings. The molecule has 3 nitrogen and oxygen atoms in total. The fraction of sp³-hybridized carbons (Fsp3) is 0.875. The van der Waals surface area contributed by atoms with Gasteiger partial charge in [-0.15, -0.1) is 0 Å². The van der Waals surface area contributed by atoms with Gasteiger partial charge in [0.15, 0.2) is 0 Å². The standard InChI is InChI=1S/C16H28N2OS/c1-3-16(4-2,14(17)20)15(19)18-11-7-9-12-8-5-6-10-13(12)18/h12-13H,3-11H2,1-2H3,(H2,17,20)/t12-,13-/m1/s1. The van der Waals surface area contributed by atoms with Gasteiger partial charge < -0.3 is 10.6 Å². The van der Waals surface area contributed by atoms with Gasteiger partial charge in [0.25, 0.3) is 0 Å². The summed E-state index contributed by atoms with van der Waals surface area (Å²) in [4.78, 5) is 15.7. The maximum Gasteiger partial charge on any atom is 0.235 e. The van der Waals surface area contributed by atoms with Crippen molar-refractivity contribution in [2.24, 2.45) is 17.1 Å². The van der Waals surface area contributed by atoms with Crippen molar-refractivity contribution in [1.82, 2.24) is 4.90 Å². The van der Waals surface area contributed by atoms with Gasteiger partial charge in [0.1, 0.15) is 0 Å². The Morgan fingerprint density at radius 2 is 1.80 bits per heavy atom. The number of rotatable bonds is 4. The molecule has 2 N–H and O–H groups in total. The molecule has 0 bridgehead atoms. The minimum atomic E-state index is -0.616. The van der Waals surface area contributed by atoms with Crippen molar-refractivity contribution in [3.05, 3.63) is 0 Å². The Labute approximate surface area is 128 Å². The van der Waals surface area contributed by atoms with Crippen LogP contribution in [0.4, 0.5) is 0 Å². The lowest BCUT2D eigenvalue weighted by Gasteiger charge is -2.47. The number of carbonyl (C=O) groups excluding carboxylic acids is 1. The van der Waals surface area contributed by atoms with Gasteiger partial charge in [0.05, 0.1) is 10.4 Å². The molecule has 0 aromatic carbocycles. The quantitative estimate of drug-likeness (QED) is 0.810. The maximum atomic E-state index is 13.1. The topological polar surface area (TPSA) is 46.3 Å². The Bertz CT molecular complexity index is 377. The van der Waals surface area contributed by atoms with Crippen LogP contribution in [0.2, 0.25) is 0 Å². The summed E-state index contributed by atoms with van der Waals surface area (Å²) in [6, 6.07) is 0.442. The van der Waals surface area contributed by atoms with E-state index in [4.69, 9.17) is 18.0 Å². The molecule has 0 spiro atoms. The molecule has 1 saturated heterocycles. The van der Waals surface area contributed by atoms with Crippen molar-refractivity contribution in [2.45, 2.75) is 71.3 Å². The van der Waals surface area contributed by atoms with Crippen molar-refractivity contribution >= 4 is 23.1 Å². The van der Waals surface area contributed by atoms with E-state index >= 15 is 0 Å². The summed E-state index contributed by atoms with van der Waals surface area (Å²) in [5.74, 6) is 0.908. The van der Waals surface area contributed by atoms with Crippen molar-refractivity contribution < 1.29 is 4.79 Å². The second-order valence-corrected chi connectivity index (χ2v) is 6.85. The van der Waals surface area contributed by atoms with Gasteiger partial charge in [-0.2, -0.15) is 0 Å². The molecule has 2 atom stereocenters. The van der Waals surface area contributed by atoms with Gasteiger partial charge in [-0.25, -0.2) is 0 Å². The number of hydrogen-bond donors (Lipinski definition) is 1. The average Bonchev–Trinajstić information content (AvgIpc) is 2.48. The molecule has 1 heterocycles. The summed E-state index contributed by atoms with van der Waals surface area (Å²) >= 11 is 5.25. The number of fused-ring (bicyclic) bond motifs is 1. The molecule has 1 aliphatic heterocycles. The van der Waals surface area contributed by atoms with Crippen molar-refractivity contribution in [3.8, 4) is 0 Å². The molecule has 2 fully saturated rings. The summed E-state index contributed by atoms with van der Waals surface area (Å²) in [6.45, 7) is 4.95.